The van der Waals surface area contributed by atoms with Crippen LogP contribution in [-0.2, 0) is 14.3 Å². The molecule has 11 heteroatoms. The first-order valence-electron chi connectivity index (χ1n) is 12.7. The monoisotopic (exact) mass is 533 g/mol. The number of aromatic nitrogens is 3. The maximum Gasteiger partial charge on any atom is 0.326 e. The van der Waals surface area contributed by atoms with Gasteiger partial charge in [-0.1, -0.05) is 38.5 Å². The summed E-state index contributed by atoms with van der Waals surface area (Å²) in [5, 5.41) is 16.1. The lowest BCUT2D eigenvalue weighted by Crippen LogP contribution is -2.45. The fraction of sp³-hybridized carbons (Fsp3) is 0.321. The molecule has 0 radical (unpaired) electrons. The Morgan fingerprint density at radius 2 is 1.87 bits per heavy atom. The van der Waals surface area contributed by atoms with E-state index in [1.54, 1.807) is 42.8 Å². The molecular weight excluding hydrogens is 502 g/mol. The van der Waals surface area contributed by atoms with Gasteiger partial charge in [0.15, 0.2) is 0 Å². The SMILES string of the molecule is CCOC(=O)CNc1c(-c2cn(C(C)=O)c3ccccc23)nc2cc(C(=O)NC(C(=O)O)C(C)CC)ccn12. The van der Waals surface area contributed by atoms with Crippen molar-refractivity contribution >= 4 is 46.1 Å². The molecule has 3 heterocycles. The minimum Gasteiger partial charge on any atom is -0.480 e. The normalized spacial score (nSPS) is 12.7. The average Bonchev–Trinajstić information content (AvgIpc) is 3.48. The highest BCUT2D eigenvalue weighted by molar-refractivity contribution is 6.03. The van der Waals surface area contributed by atoms with Crippen LogP contribution >= 0.6 is 0 Å². The minimum atomic E-state index is -1.10. The molecule has 0 fully saturated rings. The molecule has 3 N–H and O–H groups in total. The van der Waals surface area contributed by atoms with Crippen molar-refractivity contribution in [1.82, 2.24) is 19.3 Å². The second-order valence-corrected chi connectivity index (χ2v) is 9.24. The number of nitrogens with zero attached hydrogens (tertiary/aromatic N) is 3. The van der Waals surface area contributed by atoms with Crippen LogP contribution in [0.15, 0.2) is 48.8 Å². The van der Waals surface area contributed by atoms with Gasteiger partial charge in [-0.05, 0) is 31.0 Å². The summed E-state index contributed by atoms with van der Waals surface area (Å²) in [7, 11) is 0. The summed E-state index contributed by atoms with van der Waals surface area (Å²) >= 11 is 0. The van der Waals surface area contributed by atoms with Crippen molar-refractivity contribution in [2.24, 2.45) is 5.92 Å². The van der Waals surface area contributed by atoms with Crippen LogP contribution in [-0.4, -0.2) is 62.0 Å². The van der Waals surface area contributed by atoms with E-state index in [0.717, 1.165) is 5.39 Å². The maximum atomic E-state index is 13.0. The predicted octanol–water partition coefficient (Wildman–Crippen LogP) is 3.82. The molecule has 39 heavy (non-hydrogen) atoms. The highest BCUT2D eigenvalue weighted by Gasteiger charge is 2.26. The molecule has 4 rings (SSSR count). The number of fused-ring (bicyclic) bond motifs is 2. The second kappa shape index (κ2) is 11.4. The van der Waals surface area contributed by atoms with Gasteiger partial charge >= 0.3 is 11.9 Å². The number of imidazole rings is 1. The topological polar surface area (TPSA) is 144 Å². The van der Waals surface area contributed by atoms with E-state index in [1.165, 1.54) is 11.5 Å². The van der Waals surface area contributed by atoms with Crippen LogP contribution in [0.5, 0.6) is 0 Å². The number of pyridine rings is 1. The Morgan fingerprint density at radius 3 is 2.54 bits per heavy atom. The Hall–Kier alpha value is -4.67. The molecule has 0 aliphatic heterocycles. The third-order valence-corrected chi connectivity index (χ3v) is 6.67. The Morgan fingerprint density at radius 1 is 1.13 bits per heavy atom. The summed E-state index contributed by atoms with van der Waals surface area (Å²) < 4.78 is 8.28. The molecule has 1 aromatic carbocycles. The highest BCUT2D eigenvalue weighted by Crippen LogP contribution is 2.35. The second-order valence-electron chi connectivity index (χ2n) is 9.24. The van der Waals surface area contributed by atoms with Gasteiger partial charge in [-0.15, -0.1) is 0 Å². The number of benzene rings is 1. The van der Waals surface area contributed by atoms with Crippen molar-refractivity contribution in [2.75, 3.05) is 18.5 Å². The van der Waals surface area contributed by atoms with E-state index in [2.05, 4.69) is 10.6 Å². The van der Waals surface area contributed by atoms with Crippen molar-refractivity contribution < 1.29 is 29.0 Å². The molecule has 2 unspecified atom stereocenters. The Balaban J connectivity index is 1.82. The molecular formula is C28H31N5O6. The number of esters is 1. The molecule has 204 valence electrons. The first-order chi connectivity index (χ1) is 18.7. The Labute approximate surface area is 224 Å². The van der Waals surface area contributed by atoms with E-state index < -0.39 is 23.9 Å². The number of carboxylic acids is 1. The number of aliphatic carboxylic acids is 1. The molecule has 4 aromatic rings. The Bertz CT molecular complexity index is 1570. The van der Waals surface area contributed by atoms with Gasteiger partial charge in [-0.3, -0.25) is 23.4 Å². The van der Waals surface area contributed by atoms with Crippen molar-refractivity contribution in [3.63, 3.8) is 0 Å². The molecule has 0 spiro atoms. The molecule has 0 saturated heterocycles. The van der Waals surface area contributed by atoms with Crippen molar-refractivity contribution in [3.8, 4) is 11.3 Å². The van der Waals surface area contributed by atoms with E-state index in [-0.39, 0.29) is 30.5 Å². The molecule has 2 atom stereocenters. The number of rotatable bonds is 10. The summed E-state index contributed by atoms with van der Waals surface area (Å²) in [6.45, 7) is 6.92. The molecule has 11 nitrogen and oxygen atoms in total. The third-order valence-electron chi connectivity index (χ3n) is 6.67. The van der Waals surface area contributed by atoms with Gasteiger partial charge in [-0.2, -0.15) is 0 Å². The first-order valence-corrected chi connectivity index (χ1v) is 12.7. The van der Waals surface area contributed by atoms with Crippen LogP contribution in [0.25, 0.3) is 27.8 Å². The predicted molar refractivity (Wildman–Crippen MR) is 146 cm³/mol. The Kier molecular flexibility index (Phi) is 7.99. The lowest BCUT2D eigenvalue weighted by molar-refractivity contribution is -0.141. The van der Waals surface area contributed by atoms with E-state index in [1.807, 2.05) is 31.2 Å². The fourth-order valence-corrected chi connectivity index (χ4v) is 4.45. The zero-order chi connectivity index (χ0) is 28.3. The fourth-order valence-electron chi connectivity index (χ4n) is 4.45. The number of anilines is 1. The summed E-state index contributed by atoms with van der Waals surface area (Å²) in [4.78, 5) is 54.0. The molecule has 1 amide bonds. The number of nitrogens with one attached hydrogen (secondary N) is 2. The van der Waals surface area contributed by atoms with Crippen LogP contribution in [0.4, 0.5) is 5.82 Å². The largest absolute Gasteiger partial charge is 0.480 e. The van der Waals surface area contributed by atoms with Gasteiger partial charge in [0.1, 0.15) is 29.7 Å². The van der Waals surface area contributed by atoms with Gasteiger partial charge in [0.05, 0.1) is 12.1 Å². The zero-order valence-corrected chi connectivity index (χ0v) is 22.2. The van der Waals surface area contributed by atoms with E-state index in [9.17, 15) is 24.3 Å². The molecule has 0 bridgehead atoms. The molecule has 0 saturated carbocycles. The van der Waals surface area contributed by atoms with E-state index in [0.29, 0.717) is 34.7 Å². The highest BCUT2D eigenvalue weighted by atomic mass is 16.5. The first kappa shape index (κ1) is 27.4. The van der Waals surface area contributed by atoms with Gasteiger partial charge in [-0.25, -0.2) is 9.78 Å². The van der Waals surface area contributed by atoms with E-state index in [4.69, 9.17) is 9.72 Å². The molecule has 0 aliphatic carbocycles. The van der Waals surface area contributed by atoms with Gasteiger partial charge in [0.25, 0.3) is 5.91 Å². The lowest BCUT2D eigenvalue weighted by Gasteiger charge is -2.20. The number of carbonyl (C=O) groups excluding carboxylic acids is 3. The summed E-state index contributed by atoms with van der Waals surface area (Å²) in [6, 6.07) is 9.48. The summed E-state index contributed by atoms with van der Waals surface area (Å²) in [5.74, 6) is -2.05. The molecule has 0 aliphatic rings. The van der Waals surface area contributed by atoms with Crippen molar-refractivity contribution in [2.45, 2.75) is 40.2 Å². The number of amides is 1. The van der Waals surface area contributed by atoms with Crippen LogP contribution in [0, 0.1) is 5.92 Å². The summed E-state index contributed by atoms with van der Waals surface area (Å²) in [6.07, 6.45) is 3.90. The van der Waals surface area contributed by atoms with Crippen LogP contribution in [0.1, 0.15) is 49.3 Å². The van der Waals surface area contributed by atoms with Gasteiger partial charge in [0, 0.05) is 35.8 Å². The van der Waals surface area contributed by atoms with E-state index >= 15 is 0 Å². The number of carbonyl (C=O) groups is 4. The minimum absolute atomic E-state index is 0.128. The standard InChI is InChI=1S/C28H31N5O6/c1-5-16(3)24(28(37)38)31-27(36)18-11-12-32-22(13-18)30-25(26(32)29-14-23(35)39-6-2)20-15-33(17(4)34)21-10-8-7-9-19(20)21/h7-13,15-16,24,29H,5-6,14H2,1-4H3,(H,31,36)(H,37,38). The number of hydrogen-bond acceptors (Lipinski definition) is 7. The van der Waals surface area contributed by atoms with Crippen LogP contribution in [0.3, 0.4) is 0 Å². The smallest absolute Gasteiger partial charge is 0.326 e. The van der Waals surface area contributed by atoms with Gasteiger partial charge in [0.2, 0.25) is 5.91 Å². The zero-order valence-electron chi connectivity index (χ0n) is 22.2. The van der Waals surface area contributed by atoms with Crippen LogP contribution in [0.2, 0.25) is 0 Å². The van der Waals surface area contributed by atoms with Crippen molar-refractivity contribution in [1.29, 1.82) is 0 Å². The molecule has 3 aromatic heterocycles. The lowest BCUT2D eigenvalue weighted by atomic mass is 9.99. The number of hydrogen-bond donors (Lipinski definition) is 3. The average molecular weight is 534 g/mol. The summed E-state index contributed by atoms with van der Waals surface area (Å²) in [5.41, 5.74) is 2.45. The van der Waals surface area contributed by atoms with Crippen LogP contribution < -0.4 is 10.6 Å². The maximum absolute atomic E-state index is 13.0. The quantitative estimate of drug-likeness (QED) is 0.261. The number of carboxylic acid groups (broad SMARTS) is 1. The number of ether oxygens (including phenoxy) is 1. The third kappa shape index (κ3) is 5.47. The van der Waals surface area contributed by atoms with Gasteiger partial charge < -0.3 is 20.5 Å². The number of para-hydroxylation sites is 1. The van der Waals surface area contributed by atoms with Crippen molar-refractivity contribution in [3.05, 3.63) is 54.4 Å².